The lowest BCUT2D eigenvalue weighted by atomic mass is 9.99. The molecule has 2 heteroatoms. The summed E-state index contributed by atoms with van der Waals surface area (Å²) in [5.74, 6) is 0.749. The minimum atomic E-state index is 0.293. The first-order valence-electron chi connectivity index (χ1n) is 5.58. The van der Waals surface area contributed by atoms with E-state index in [1.54, 1.807) is 0 Å². The quantitative estimate of drug-likeness (QED) is 0.866. The van der Waals surface area contributed by atoms with Gasteiger partial charge in [-0.2, -0.15) is 0 Å². The monoisotopic (exact) mass is 269 g/mol. The van der Waals surface area contributed by atoms with Crippen LogP contribution in [-0.2, 0) is 6.42 Å². The topological polar surface area (TPSA) is 26.0 Å². The Morgan fingerprint density at radius 3 is 2.60 bits per heavy atom. The second-order valence-electron chi connectivity index (χ2n) is 4.57. The maximum atomic E-state index is 6.09. The predicted octanol–water partition coefficient (Wildman–Crippen LogP) is 3.76. The average Bonchev–Trinajstić information content (AvgIpc) is 2.15. The summed E-state index contributed by atoms with van der Waals surface area (Å²) in [6.45, 7) is 4.48. The van der Waals surface area contributed by atoms with Crippen LogP contribution in [0.1, 0.15) is 32.3 Å². The van der Waals surface area contributed by atoms with Crippen molar-refractivity contribution in [1.82, 2.24) is 0 Å². The largest absolute Gasteiger partial charge is 0.327 e. The Labute approximate surface area is 101 Å². The molecule has 84 valence electrons. The van der Waals surface area contributed by atoms with Crippen molar-refractivity contribution in [2.75, 3.05) is 0 Å². The summed E-state index contributed by atoms with van der Waals surface area (Å²) >= 11 is 3.47. The summed E-state index contributed by atoms with van der Waals surface area (Å²) in [4.78, 5) is 0. The molecular formula is C13H20BrN. The van der Waals surface area contributed by atoms with Crippen LogP contribution in [0, 0.1) is 5.92 Å². The van der Waals surface area contributed by atoms with Crippen LogP contribution in [0.4, 0.5) is 0 Å². The van der Waals surface area contributed by atoms with E-state index in [1.807, 2.05) is 6.07 Å². The van der Waals surface area contributed by atoms with Gasteiger partial charge in [-0.05, 0) is 42.9 Å². The molecule has 0 fully saturated rings. The lowest BCUT2D eigenvalue weighted by molar-refractivity contribution is 0.495. The van der Waals surface area contributed by atoms with Gasteiger partial charge in [-0.3, -0.25) is 0 Å². The minimum absolute atomic E-state index is 0.293. The third-order valence-corrected chi connectivity index (χ3v) is 2.99. The molecule has 0 spiro atoms. The van der Waals surface area contributed by atoms with Gasteiger partial charge in [0.25, 0.3) is 0 Å². The number of hydrogen-bond acceptors (Lipinski definition) is 1. The van der Waals surface area contributed by atoms with E-state index >= 15 is 0 Å². The molecular weight excluding hydrogens is 250 g/mol. The Kier molecular flexibility index (Phi) is 5.34. The van der Waals surface area contributed by atoms with E-state index in [0.29, 0.717) is 6.04 Å². The molecule has 15 heavy (non-hydrogen) atoms. The molecule has 0 saturated heterocycles. The lowest BCUT2D eigenvalue weighted by Gasteiger charge is -2.13. The molecule has 0 radical (unpaired) electrons. The minimum Gasteiger partial charge on any atom is -0.327 e. The average molecular weight is 270 g/mol. The summed E-state index contributed by atoms with van der Waals surface area (Å²) in [6.07, 6.45) is 3.31. The van der Waals surface area contributed by atoms with Gasteiger partial charge in [0.15, 0.2) is 0 Å². The summed E-state index contributed by atoms with van der Waals surface area (Å²) in [5, 5.41) is 0. The second-order valence-corrected chi connectivity index (χ2v) is 5.48. The third-order valence-electron chi connectivity index (χ3n) is 2.50. The second kappa shape index (κ2) is 6.29. The van der Waals surface area contributed by atoms with Crippen LogP contribution in [0.15, 0.2) is 28.7 Å². The maximum absolute atomic E-state index is 6.09. The maximum Gasteiger partial charge on any atom is 0.0178 e. The van der Waals surface area contributed by atoms with Crippen LogP contribution in [0.2, 0.25) is 0 Å². The standard InChI is InChI=1S/C13H20BrN/c1-10(2)6-7-13(15)9-11-4-3-5-12(14)8-11/h3-5,8,10,13H,6-7,9,15H2,1-2H3. The molecule has 1 unspecified atom stereocenters. The molecule has 0 heterocycles. The molecule has 0 aliphatic rings. The number of halogens is 1. The molecule has 1 aromatic carbocycles. The van der Waals surface area contributed by atoms with E-state index < -0.39 is 0 Å². The van der Waals surface area contributed by atoms with Crippen LogP contribution in [-0.4, -0.2) is 6.04 Å². The number of rotatable bonds is 5. The summed E-state index contributed by atoms with van der Waals surface area (Å²) in [6, 6.07) is 8.69. The zero-order chi connectivity index (χ0) is 11.3. The Hall–Kier alpha value is -0.340. The van der Waals surface area contributed by atoms with Gasteiger partial charge in [0.05, 0.1) is 0 Å². The van der Waals surface area contributed by atoms with Crippen LogP contribution in [0.5, 0.6) is 0 Å². The predicted molar refractivity (Wildman–Crippen MR) is 69.9 cm³/mol. The summed E-state index contributed by atoms with van der Waals surface area (Å²) in [5.41, 5.74) is 7.41. The zero-order valence-electron chi connectivity index (χ0n) is 9.54. The Bertz CT molecular complexity index is 296. The molecule has 1 aromatic rings. The molecule has 0 saturated carbocycles. The lowest BCUT2D eigenvalue weighted by Crippen LogP contribution is -2.23. The molecule has 0 bridgehead atoms. The van der Waals surface area contributed by atoms with Gasteiger partial charge < -0.3 is 5.73 Å². The molecule has 2 N–H and O–H groups in total. The van der Waals surface area contributed by atoms with E-state index in [9.17, 15) is 0 Å². The molecule has 1 rings (SSSR count). The third kappa shape index (κ3) is 5.33. The molecule has 0 aliphatic carbocycles. The van der Waals surface area contributed by atoms with Crippen molar-refractivity contribution >= 4 is 15.9 Å². The van der Waals surface area contributed by atoms with Crippen LogP contribution >= 0.6 is 15.9 Å². The van der Waals surface area contributed by atoms with E-state index in [0.717, 1.165) is 23.2 Å². The highest BCUT2D eigenvalue weighted by atomic mass is 79.9. The van der Waals surface area contributed by atoms with Gasteiger partial charge in [-0.25, -0.2) is 0 Å². The van der Waals surface area contributed by atoms with Crippen molar-refractivity contribution in [1.29, 1.82) is 0 Å². The first-order valence-corrected chi connectivity index (χ1v) is 6.37. The van der Waals surface area contributed by atoms with Crippen LogP contribution in [0.3, 0.4) is 0 Å². The highest BCUT2D eigenvalue weighted by molar-refractivity contribution is 9.10. The van der Waals surface area contributed by atoms with Gasteiger partial charge in [0.2, 0.25) is 0 Å². The number of benzene rings is 1. The van der Waals surface area contributed by atoms with Crippen molar-refractivity contribution in [2.24, 2.45) is 11.7 Å². The number of hydrogen-bond donors (Lipinski definition) is 1. The summed E-state index contributed by atoms with van der Waals surface area (Å²) in [7, 11) is 0. The van der Waals surface area contributed by atoms with Gasteiger partial charge in [-0.1, -0.05) is 41.9 Å². The van der Waals surface area contributed by atoms with Crippen molar-refractivity contribution in [3.05, 3.63) is 34.3 Å². The smallest absolute Gasteiger partial charge is 0.0178 e. The Morgan fingerprint density at radius 2 is 2.00 bits per heavy atom. The van der Waals surface area contributed by atoms with E-state index in [2.05, 4.69) is 48.0 Å². The Morgan fingerprint density at radius 1 is 1.27 bits per heavy atom. The molecule has 1 atom stereocenters. The van der Waals surface area contributed by atoms with Gasteiger partial charge in [0, 0.05) is 10.5 Å². The highest BCUT2D eigenvalue weighted by Crippen LogP contribution is 2.14. The highest BCUT2D eigenvalue weighted by Gasteiger charge is 2.05. The van der Waals surface area contributed by atoms with E-state index in [-0.39, 0.29) is 0 Å². The van der Waals surface area contributed by atoms with Crippen molar-refractivity contribution < 1.29 is 0 Å². The van der Waals surface area contributed by atoms with Gasteiger partial charge in [-0.15, -0.1) is 0 Å². The zero-order valence-corrected chi connectivity index (χ0v) is 11.1. The fourth-order valence-electron chi connectivity index (χ4n) is 1.62. The van der Waals surface area contributed by atoms with E-state index in [1.165, 1.54) is 12.0 Å². The fourth-order valence-corrected chi connectivity index (χ4v) is 2.06. The van der Waals surface area contributed by atoms with Crippen molar-refractivity contribution in [2.45, 2.75) is 39.2 Å². The summed E-state index contributed by atoms with van der Waals surface area (Å²) < 4.78 is 1.14. The molecule has 1 nitrogen and oxygen atoms in total. The van der Waals surface area contributed by atoms with Crippen LogP contribution in [0.25, 0.3) is 0 Å². The molecule has 0 aliphatic heterocycles. The SMILES string of the molecule is CC(C)CCC(N)Cc1cccc(Br)c1. The molecule has 0 aromatic heterocycles. The van der Waals surface area contributed by atoms with Crippen molar-refractivity contribution in [3.63, 3.8) is 0 Å². The molecule has 0 amide bonds. The van der Waals surface area contributed by atoms with E-state index in [4.69, 9.17) is 5.73 Å². The Balaban J connectivity index is 2.40. The van der Waals surface area contributed by atoms with Gasteiger partial charge >= 0.3 is 0 Å². The number of nitrogens with two attached hydrogens (primary N) is 1. The normalized spacial score (nSPS) is 13.1. The first-order chi connectivity index (χ1) is 7.08. The van der Waals surface area contributed by atoms with Gasteiger partial charge in [0.1, 0.15) is 0 Å². The fraction of sp³-hybridized carbons (Fsp3) is 0.538. The van der Waals surface area contributed by atoms with Crippen molar-refractivity contribution in [3.8, 4) is 0 Å². The first kappa shape index (κ1) is 12.7. The van der Waals surface area contributed by atoms with Crippen LogP contribution < -0.4 is 5.73 Å².